The van der Waals surface area contributed by atoms with Gasteiger partial charge in [0.2, 0.25) is 21.8 Å². The number of halogens is 1. The molecule has 8 nitrogen and oxygen atoms in total. The van der Waals surface area contributed by atoms with Crippen molar-refractivity contribution in [2.75, 3.05) is 37.0 Å². The Morgan fingerprint density at radius 2 is 1.73 bits per heavy atom. The summed E-state index contributed by atoms with van der Waals surface area (Å²) < 4.78 is 33.7. The number of carbonyl (C=O) groups is 2. The van der Waals surface area contributed by atoms with Crippen molar-refractivity contribution < 1.29 is 22.7 Å². The minimum atomic E-state index is -3.71. The molecule has 0 bridgehead atoms. The van der Waals surface area contributed by atoms with Crippen molar-refractivity contribution in [2.24, 2.45) is 11.8 Å². The summed E-state index contributed by atoms with van der Waals surface area (Å²) in [6, 6.07) is 10.1. The Balaban J connectivity index is 1.25. The Morgan fingerprint density at radius 1 is 0.973 bits per heavy atom. The molecule has 1 aliphatic carbocycles. The molecule has 0 aromatic heterocycles. The van der Waals surface area contributed by atoms with E-state index in [1.54, 1.807) is 36.4 Å². The summed E-state index contributed by atoms with van der Waals surface area (Å²) in [5, 5.41) is 3.36. The van der Waals surface area contributed by atoms with Crippen molar-refractivity contribution in [1.29, 1.82) is 0 Å². The quantitative estimate of drug-likeness (QED) is 0.578. The van der Waals surface area contributed by atoms with Crippen LogP contribution < -0.4 is 15.0 Å². The van der Waals surface area contributed by atoms with Crippen LogP contribution in [0.15, 0.2) is 41.3 Å². The second kappa shape index (κ2) is 10.6. The van der Waals surface area contributed by atoms with Gasteiger partial charge >= 0.3 is 0 Å². The van der Waals surface area contributed by atoms with Gasteiger partial charge in [0.15, 0.2) is 0 Å². The van der Waals surface area contributed by atoms with Gasteiger partial charge in [0.1, 0.15) is 5.75 Å². The van der Waals surface area contributed by atoms with Crippen LogP contribution in [0.5, 0.6) is 5.75 Å². The summed E-state index contributed by atoms with van der Waals surface area (Å²) >= 11 is 6.06. The predicted molar refractivity (Wildman–Crippen MR) is 143 cm³/mol. The maximum atomic E-state index is 13.5. The van der Waals surface area contributed by atoms with Crippen LogP contribution in [0.25, 0.3) is 0 Å². The number of nitrogens with zero attached hydrogens (tertiary/aromatic N) is 2. The molecule has 198 valence electrons. The molecular formula is C27H32ClN3O5S. The third-order valence-electron chi connectivity index (χ3n) is 7.77. The number of hydrogen-bond donors (Lipinski definition) is 1. The lowest BCUT2D eigenvalue weighted by molar-refractivity contribution is -0.124. The Kier molecular flexibility index (Phi) is 7.47. The molecule has 2 aromatic rings. The molecule has 2 aliphatic heterocycles. The number of benzene rings is 2. The smallest absolute Gasteiger partial charge is 0.243 e. The standard InChI is InChI=1S/C27H32ClN3O5S/c1-36-25-10-7-21(28)17-23(25)29-26(32)18-11-14-30(15-12-18)37(34,35)22-8-9-24-20(16-22)6-3-13-31(24)27(33)19-4-2-5-19/h7-10,16-19H,2-6,11-15H2,1H3,(H,29,32). The second-order valence-electron chi connectivity index (χ2n) is 10.0. The van der Waals surface area contributed by atoms with E-state index < -0.39 is 10.0 Å². The van der Waals surface area contributed by atoms with Gasteiger partial charge in [0.25, 0.3) is 0 Å². The summed E-state index contributed by atoms with van der Waals surface area (Å²) in [6.45, 7) is 1.21. The van der Waals surface area contributed by atoms with E-state index in [1.165, 1.54) is 11.4 Å². The van der Waals surface area contributed by atoms with Gasteiger partial charge < -0.3 is 15.0 Å². The van der Waals surface area contributed by atoms with Gasteiger partial charge in [0.05, 0.1) is 17.7 Å². The molecule has 0 radical (unpaired) electrons. The fourth-order valence-electron chi connectivity index (χ4n) is 5.36. The number of aryl methyl sites for hydroxylation is 1. The second-order valence-corrected chi connectivity index (χ2v) is 12.4. The zero-order valence-electron chi connectivity index (χ0n) is 20.9. The van der Waals surface area contributed by atoms with Gasteiger partial charge in [-0.3, -0.25) is 9.59 Å². The van der Waals surface area contributed by atoms with E-state index in [9.17, 15) is 18.0 Å². The summed E-state index contributed by atoms with van der Waals surface area (Å²) in [5.41, 5.74) is 2.24. The van der Waals surface area contributed by atoms with Gasteiger partial charge in [-0.05, 0) is 80.5 Å². The molecule has 10 heteroatoms. The molecule has 3 aliphatic rings. The molecule has 2 heterocycles. The highest BCUT2D eigenvalue weighted by Crippen LogP contribution is 2.36. The fraction of sp³-hybridized carbons (Fsp3) is 0.481. The third kappa shape index (κ3) is 5.22. The van der Waals surface area contributed by atoms with Gasteiger partial charge in [-0.2, -0.15) is 4.31 Å². The van der Waals surface area contributed by atoms with E-state index in [0.29, 0.717) is 35.8 Å². The van der Waals surface area contributed by atoms with E-state index in [1.807, 2.05) is 4.90 Å². The van der Waals surface area contributed by atoms with Gasteiger partial charge in [-0.1, -0.05) is 18.0 Å². The maximum absolute atomic E-state index is 13.5. The average molecular weight is 546 g/mol. The average Bonchev–Trinajstić information content (AvgIpc) is 2.87. The van der Waals surface area contributed by atoms with Crippen LogP contribution in [-0.2, 0) is 26.0 Å². The largest absolute Gasteiger partial charge is 0.495 e. The van der Waals surface area contributed by atoms with Crippen LogP contribution in [0.4, 0.5) is 11.4 Å². The number of rotatable bonds is 6. The highest BCUT2D eigenvalue weighted by atomic mass is 35.5. The molecule has 0 spiro atoms. The SMILES string of the molecule is COc1ccc(Cl)cc1NC(=O)C1CCN(S(=O)(=O)c2ccc3c(c2)CCCN3C(=O)C2CCC2)CC1. The Hall–Kier alpha value is -2.62. The number of nitrogens with one attached hydrogen (secondary N) is 1. The maximum Gasteiger partial charge on any atom is 0.243 e. The van der Waals surface area contributed by atoms with Crippen molar-refractivity contribution in [1.82, 2.24) is 4.31 Å². The summed E-state index contributed by atoms with van der Waals surface area (Å²) in [7, 11) is -2.19. The number of amides is 2. The summed E-state index contributed by atoms with van der Waals surface area (Å²) in [4.78, 5) is 27.9. The van der Waals surface area contributed by atoms with Crippen LogP contribution in [0, 0.1) is 11.8 Å². The number of carbonyl (C=O) groups excluding carboxylic acids is 2. The lowest BCUT2D eigenvalue weighted by atomic mass is 9.83. The highest BCUT2D eigenvalue weighted by Gasteiger charge is 2.35. The Labute approximate surface area is 223 Å². The lowest BCUT2D eigenvalue weighted by Crippen LogP contribution is -2.42. The molecule has 1 N–H and O–H groups in total. The zero-order chi connectivity index (χ0) is 26.2. The molecule has 0 unspecified atom stereocenters. The zero-order valence-corrected chi connectivity index (χ0v) is 22.5. The third-order valence-corrected chi connectivity index (χ3v) is 9.90. The molecule has 1 saturated heterocycles. The molecule has 5 rings (SSSR count). The van der Waals surface area contributed by atoms with Crippen LogP contribution in [0.2, 0.25) is 5.02 Å². The summed E-state index contributed by atoms with van der Waals surface area (Å²) in [5.74, 6) is 0.289. The van der Waals surface area contributed by atoms with E-state index in [-0.39, 0.29) is 41.6 Å². The molecule has 2 fully saturated rings. The minimum absolute atomic E-state index is 0.104. The number of piperidine rings is 1. The fourth-order valence-corrected chi connectivity index (χ4v) is 7.05. The van der Waals surface area contributed by atoms with Crippen molar-refractivity contribution in [3.8, 4) is 5.75 Å². The van der Waals surface area contributed by atoms with Crippen molar-refractivity contribution in [3.05, 3.63) is 47.0 Å². The first-order chi connectivity index (χ1) is 17.8. The monoisotopic (exact) mass is 545 g/mol. The number of ether oxygens (including phenoxy) is 1. The molecule has 2 amide bonds. The van der Waals surface area contributed by atoms with Crippen LogP contribution in [-0.4, -0.2) is 51.3 Å². The topological polar surface area (TPSA) is 96.0 Å². The number of hydrogen-bond acceptors (Lipinski definition) is 5. The molecule has 37 heavy (non-hydrogen) atoms. The Morgan fingerprint density at radius 3 is 2.41 bits per heavy atom. The number of methoxy groups -OCH3 is 1. The van der Waals surface area contributed by atoms with E-state index in [2.05, 4.69) is 5.32 Å². The molecule has 0 atom stereocenters. The summed E-state index contributed by atoms with van der Waals surface area (Å²) in [6.07, 6.45) is 5.40. The number of sulfonamides is 1. The molecule has 2 aromatic carbocycles. The van der Waals surface area contributed by atoms with Gasteiger partial charge in [-0.25, -0.2) is 8.42 Å². The van der Waals surface area contributed by atoms with Crippen molar-refractivity contribution in [2.45, 2.75) is 49.8 Å². The first-order valence-corrected chi connectivity index (χ1v) is 14.7. The van der Waals surface area contributed by atoms with E-state index in [4.69, 9.17) is 16.3 Å². The number of fused-ring (bicyclic) bond motifs is 1. The van der Waals surface area contributed by atoms with Gasteiger partial charge in [0, 0.05) is 42.2 Å². The van der Waals surface area contributed by atoms with Crippen molar-refractivity contribution in [3.63, 3.8) is 0 Å². The highest BCUT2D eigenvalue weighted by molar-refractivity contribution is 7.89. The first kappa shape index (κ1) is 26.0. The van der Waals surface area contributed by atoms with E-state index >= 15 is 0 Å². The van der Waals surface area contributed by atoms with Crippen LogP contribution in [0.1, 0.15) is 44.1 Å². The first-order valence-electron chi connectivity index (χ1n) is 12.9. The predicted octanol–water partition coefficient (Wildman–Crippen LogP) is 4.47. The minimum Gasteiger partial charge on any atom is -0.495 e. The Bertz CT molecular complexity index is 1300. The van der Waals surface area contributed by atoms with Crippen LogP contribution >= 0.6 is 11.6 Å². The van der Waals surface area contributed by atoms with Crippen molar-refractivity contribution >= 4 is 44.8 Å². The number of anilines is 2. The van der Waals surface area contributed by atoms with Gasteiger partial charge in [-0.15, -0.1) is 0 Å². The molecule has 1 saturated carbocycles. The van der Waals surface area contributed by atoms with E-state index in [0.717, 1.165) is 43.4 Å². The lowest BCUT2D eigenvalue weighted by Gasteiger charge is -2.35. The van der Waals surface area contributed by atoms with Crippen LogP contribution in [0.3, 0.4) is 0 Å². The normalized spacial score (nSPS) is 19.1. The molecular weight excluding hydrogens is 514 g/mol.